The zero-order chi connectivity index (χ0) is 31.4. The summed E-state index contributed by atoms with van der Waals surface area (Å²) in [6.07, 6.45) is 7.13. The lowest BCUT2D eigenvalue weighted by atomic mass is 9.43. The first-order valence-electron chi connectivity index (χ1n) is 17.9. The number of furan rings is 1. The summed E-state index contributed by atoms with van der Waals surface area (Å²) in [4.78, 5) is 2.43. The molecule has 6 aromatic carbocycles. The lowest BCUT2D eigenvalue weighted by Gasteiger charge is -2.61. The molecule has 48 heavy (non-hydrogen) atoms. The van der Waals surface area contributed by atoms with Crippen LogP contribution in [0.4, 0.5) is 17.1 Å². The summed E-state index contributed by atoms with van der Waals surface area (Å²) in [5.41, 5.74) is 14.1. The van der Waals surface area contributed by atoms with Crippen LogP contribution in [0.25, 0.3) is 44.2 Å². The third kappa shape index (κ3) is 3.69. The molecule has 4 fully saturated rings. The number of benzene rings is 6. The van der Waals surface area contributed by atoms with Gasteiger partial charge in [-0.25, -0.2) is 0 Å². The Labute approximate surface area is 281 Å². The van der Waals surface area contributed by atoms with Gasteiger partial charge in [0.05, 0.1) is 0 Å². The maximum atomic E-state index is 6.22. The molecule has 2 nitrogen and oxygen atoms in total. The van der Waals surface area contributed by atoms with Crippen molar-refractivity contribution >= 4 is 39.0 Å². The van der Waals surface area contributed by atoms with Gasteiger partial charge in [0, 0.05) is 33.2 Å². The molecule has 1 heterocycles. The Balaban J connectivity index is 1.02. The number of rotatable bonds is 4. The first-order chi connectivity index (χ1) is 23.7. The quantitative estimate of drug-likeness (QED) is 0.195. The predicted molar refractivity (Wildman–Crippen MR) is 197 cm³/mol. The first kappa shape index (κ1) is 26.9. The predicted octanol–water partition coefficient (Wildman–Crippen LogP) is 12.4. The van der Waals surface area contributed by atoms with E-state index in [1.807, 2.05) is 12.1 Å². The van der Waals surface area contributed by atoms with E-state index in [-0.39, 0.29) is 5.41 Å². The van der Waals surface area contributed by atoms with E-state index in [0.29, 0.717) is 0 Å². The van der Waals surface area contributed by atoms with Crippen molar-refractivity contribution in [3.8, 4) is 22.3 Å². The second-order valence-electron chi connectivity index (χ2n) is 15.0. The van der Waals surface area contributed by atoms with Crippen LogP contribution in [-0.4, -0.2) is 0 Å². The van der Waals surface area contributed by atoms with E-state index in [2.05, 4.69) is 132 Å². The fourth-order valence-corrected chi connectivity index (χ4v) is 11.0. The summed E-state index contributed by atoms with van der Waals surface area (Å²) in [6.45, 7) is 0. The Morgan fingerprint density at radius 2 is 1.08 bits per heavy atom. The maximum absolute atomic E-state index is 6.22. The first-order valence-corrected chi connectivity index (χ1v) is 17.9. The van der Waals surface area contributed by atoms with Gasteiger partial charge in [-0.2, -0.15) is 0 Å². The Bertz CT molecular complexity index is 2340. The fraction of sp³-hybridized carbons (Fsp3) is 0.217. The van der Waals surface area contributed by atoms with E-state index in [1.54, 1.807) is 11.1 Å². The zero-order valence-corrected chi connectivity index (χ0v) is 27.0. The molecule has 0 saturated heterocycles. The second kappa shape index (κ2) is 9.97. The van der Waals surface area contributed by atoms with Crippen molar-refractivity contribution in [2.75, 3.05) is 4.90 Å². The van der Waals surface area contributed by atoms with Gasteiger partial charge in [-0.1, -0.05) is 84.9 Å². The van der Waals surface area contributed by atoms with E-state index in [9.17, 15) is 0 Å². The van der Waals surface area contributed by atoms with E-state index < -0.39 is 0 Å². The summed E-state index contributed by atoms with van der Waals surface area (Å²) in [6, 6.07) is 51.6. The molecular weight excluding hydrogens is 583 g/mol. The number of fused-ring (bicyclic) bond motifs is 6. The fourth-order valence-electron chi connectivity index (χ4n) is 11.0. The smallest absolute Gasteiger partial charge is 0.136 e. The summed E-state index contributed by atoms with van der Waals surface area (Å²) in [5, 5.41) is 2.33. The van der Waals surface area contributed by atoms with Crippen molar-refractivity contribution in [2.24, 2.45) is 23.7 Å². The molecule has 0 N–H and O–H groups in total. The van der Waals surface area contributed by atoms with Crippen molar-refractivity contribution in [1.82, 2.24) is 0 Å². The van der Waals surface area contributed by atoms with Gasteiger partial charge in [-0.05, 0) is 144 Å². The number of hydrogen-bond acceptors (Lipinski definition) is 2. The van der Waals surface area contributed by atoms with Crippen LogP contribution < -0.4 is 4.90 Å². The number of nitrogens with zero attached hydrogens (tertiary/aromatic N) is 1. The standard InChI is InChI=1S/C46H37NO/c1-2-8-35(9-3-1)47(36-17-14-31(15-18-36)32-16-20-40-39-11-5-7-13-44(39)48-45(40)27-32)37-19-21-43-41(28-37)38-10-4-6-12-42(38)46(43)33-23-29-22-30(25-33)26-34(46)24-29/h1-21,27-30,33-34H,22-26H2. The van der Waals surface area contributed by atoms with Crippen LogP contribution in [0.3, 0.4) is 0 Å². The molecule has 12 rings (SSSR count). The molecule has 0 unspecified atom stereocenters. The van der Waals surface area contributed by atoms with E-state index in [4.69, 9.17) is 4.42 Å². The van der Waals surface area contributed by atoms with Gasteiger partial charge in [0.25, 0.3) is 0 Å². The topological polar surface area (TPSA) is 16.4 Å². The number of hydrogen-bond donors (Lipinski definition) is 0. The molecule has 7 aromatic rings. The molecule has 5 aliphatic rings. The molecular formula is C46H37NO. The van der Waals surface area contributed by atoms with Gasteiger partial charge in [-0.15, -0.1) is 0 Å². The Kier molecular flexibility index (Phi) is 5.59. The van der Waals surface area contributed by atoms with Crippen LogP contribution in [0.15, 0.2) is 144 Å². The van der Waals surface area contributed by atoms with Crippen molar-refractivity contribution in [3.63, 3.8) is 0 Å². The number of para-hydroxylation sites is 2. The molecule has 232 valence electrons. The molecule has 1 aromatic heterocycles. The minimum absolute atomic E-state index is 0.193. The van der Waals surface area contributed by atoms with Crippen molar-refractivity contribution in [3.05, 3.63) is 151 Å². The molecule has 4 bridgehead atoms. The molecule has 0 amide bonds. The van der Waals surface area contributed by atoms with Gasteiger partial charge in [-0.3, -0.25) is 0 Å². The number of anilines is 3. The van der Waals surface area contributed by atoms with E-state index in [0.717, 1.165) is 51.5 Å². The van der Waals surface area contributed by atoms with Crippen molar-refractivity contribution in [1.29, 1.82) is 0 Å². The van der Waals surface area contributed by atoms with Crippen LogP contribution in [0.5, 0.6) is 0 Å². The molecule has 2 heteroatoms. The SMILES string of the molecule is c1ccc(N(c2ccc(-c3ccc4c(c3)oc3ccccc34)cc2)c2ccc3c(c2)-c2ccccc2C32C3CC4CC(C3)CC2C4)cc1. The van der Waals surface area contributed by atoms with Crippen molar-refractivity contribution < 1.29 is 4.42 Å². The molecule has 5 aliphatic carbocycles. The highest BCUT2D eigenvalue weighted by molar-refractivity contribution is 6.05. The summed E-state index contributed by atoms with van der Waals surface area (Å²) < 4.78 is 6.22. The highest BCUT2D eigenvalue weighted by atomic mass is 16.3. The van der Waals surface area contributed by atoms with Crippen LogP contribution in [0, 0.1) is 23.7 Å². The molecule has 4 saturated carbocycles. The lowest BCUT2D eigenvalue weighted by molar-refractivity contribution is -0.0399. The van der Waals surface area contributed by atoms with Gasteiger partial charge in [0.15, 0.2) is 0 Å². The minimum atomic E-state index is 0.193. The highest BCUT2D eigenvalue weighted by Crippen LogP contribution is 2.69. The van der Waals surface area contributed by atoms with Crippen molar-refractivity contribution in [2.45, 2.75) is 37.5 Å². The van der Waals surface area contributed by atoms with Crippen LogP contribution >= 0.6 is 0 Å². The van der Waals surface area contributed by atoms with Crippen LogP contribution in [-0.2, 0) is 5.41 Å². The zero-order valence-electron chi connectivity index (χ0n) is 27.0. The second-order valence-corrected chi connectivity index (χ2v) is 15.0. The third-order valence-corrected chi connectivity index (χ3v) is 12.6. The highest BCUT2D eigenvalue weighted by Gasteiger charge is 2.61. The Hall–Kier alpha value is -5.08. The van der Waals surface area contributed by atoms with Gasteiger partial charge in [0.2, 0.25) is 0 Å². The molecule has 0 aliphatic heterocycles. The largest absolute Gasteiger partial charge is 0.456 e. The third-order valence-electron chi connectivity index (χ3n) is 12.6. The average Bonchev–Trinajstić information content (AvgIpc) is 3.64. The Morgan fingerprint density at radius 1 is 0.458 bits per heavy atom. The van der Waals surface area contributed by atoms with Gasteiger partial charge >= 0.3 is 0 Å². The van der Waals surface area contributed by atoms with Crippen LogP contribution in [0.1, 0.15) is 43.2 Å². The normalized spacial score (nSPS) is 24.8. The summed E-state index contributed by atoms with van der Waals surface area (Å²) in [5.74, 6) is 3.45. The van der Waals surface area contributed by atoms with Gasteiger partial charge < -0.3 is 9.32 Å². The molecule has 0 radical (unpaired) electrons. The monoisotopic (exact) mass is 619 g/mol. The summed E-state index contributed by atoms with van der Waals surface area (Å²) >= 11 is 0. The van der Waals surface area contributed by atoms with Crippen LogP contribution in [0.2, 0.25) is 0 Å². The van der Waals surface area contributed by atoms with E-state index >= 15 is 0 Å². The minimum Gasteiger partial charge on any atom is -0.456 e. The lowest BCUT2D eigenvalue weighted by Crippen LogP contribution is -2.55. The Morgan fingerprint density at radius 3 is 1.90 bits per heavy atom. The molecule has 0 atom stereocenters. The average molecular weight is 620 g/mol. The summed E-state index contributed by atoms with van der Waals surface area (Å²) in [7, 11) is 0. The van der Waals surface area contributed by atoms with E-state index in [1.165, 1.54) is 65.6 Å². The van der Waals surface area contributed by atoms with Gasteiger partial charge in [0.1, 0.15) is 11.2 Å². The molecule has 1 spiro atoms. The maximum Gasteiger partial charge on any atom is 0.136 e.